The van der Waals surface area contributed by atoms with Crippen LogP contribution in [0.25, 0.3) is 0 Å². The van der Waals surface area contributed by atoms with Crippen LogP contribution in [-0.2, 0) is 6.54 Å². The molecule has 0 radical (unpaired) electrons. The Labute approximate surface area is 137 Å². The standard InChI is InChI=1S/C15H16N6O3/c1-11(2)20(13-6-4-3-5-7-13)15(23)21-14(22)19(17-18-21)10-12-8-9-24-16-12/h3-9,11H,10H2,1-2H3. The highest BCUT2D eigenvalue weighted by Gasteiger charge is 2.24. The quantitative estimate of drug-likeness (QED) is 0.671. The molecule has 0 atom stereocenters. The van der Waals surface area contributed by atoms with Gasteiger partial charge in [0.2, 0.25) is 0 Å². The van der Waals surface area contributed by atoms with E-state index in [2.05, 4.69) is 15.6 Å². The molecule has 3 aromatic rings. The largest absolute Gasteiger partial charge is 0.372 e. The number of rotatable bonds is 4. The van der Waals surface area contributed by atoms with Crippen LogP contribution in [0.4, 0.5) is 10.5 Å². The molecule has 9 heteroatoms. The Balaban J connectivity index is 1.91. The van der Waals surface area contributed by atoms with E-state index in [-0.39, 0.29) is 12.6 Å². The number of hydrogen-bond acceptors (Lipinski definition) is 6. The SMILES string of the molecule is CC(C)N(C(=O)n1nnn(Cc2ccon2)c1=O)c1ccccc1. The summed E-state index contributed by atoms with van der Waals surface area (Å²) < 4.78 is 6.51. The minimum absolute atomic E-state index is 0.0790. The summed E-state index contributed by atoms with van der Waals surface area (Å²) in [5.74, 6) is 0. The maximum Gasteiger partial charge on any atom is 0.372 e. The summed E-state index contributed by atoms with van der Waals surface area (Å²) in [5.41, 5.74) is 0.556. The summed E-state index contributed by atoms with van der Waals surface area (Å²) >= 11 is 0. The number of amides is 1. The van der Waals surface area contributed by atoms with Crippen LogP contribution in [0.3, 0.4) is 0 Å². The van der Waals surface area contributed by atoms with Crippen molar-refractivity contribution in [2.24, 2.45) is 0 Å². The molecule has 0 spiro atoms. The first kappa shape index (κ1) is 15.7. The molecule has 0 N–H and O–H groups in total. The van der Waals surface area contributed by atoms with E-state index in [1.807, 2.05) is 32.0 Å². The van der Waals surface area contributed by atoms with Gasteiger partial charge in [-0.2, -0.15) is 4.68 Å². The summed E-state index contributed by atoms with van der Waals surface area (Å²) in [4.78, 5) is 26.6. The predicted molar refractivity (Wildman–Crippen MR) is 84.7 cm³/mol. The van der Waals surface area contributed by atoms with Crippen molar-refractivity contribution < 1.29 is 9.32 Å². The van der Waals surface area contributed by atoms with Crippen molar-refractivity contribution >= 4 is 11.7 Å². The lowest BCUT2D eigenvalue weighted by Gasteiger charge is -2.25. The Morgan fingerprint density at radius 1 is 1.21 bits per heavy atom. The van der Waals surface area contributed by atoms with E-state index in [0.29, 0.717) is 11.4 Å². The molecule has 0 fully saturated rings. The number of nitrogens with zero attached hydrogens (tertiary/aromatic N) is 6. The highest BCUT2D eigenvalue weighted by molar-refractivity contribution is 5.93. The second kappa shape index (κ2) is 6.49. The lowest BCUT2D eigenvalue weighted by atomic mass is 10.2. The smallest absolute Gasteiger partial charge is 0.364 e. The third-order valence-corrected chi connectivity index (χ3v) is 3.38. The van der Waals surface area contributed by atoms with Crippen molar-refractivity contribution in [2.75, 3.05) is 4.90 Å². The Morgan fingerprint density at radius 2 is 1.96 bits per heavy atom. The van der Waals surface area contributed by atoms with E-state index in [4.69, 9.17) is 4.52 Å². The van der Waals surface area contributed by atoms with Crippen molar-refractivity contribution in [2.45, 2.75) is 26.4 Å². The molecular formula is C15H16N6O3. The molecule has 0 saturated heterocycles. The molecular weight excluding hydrogens is 312 g/mol. The van der Waals surface area contributed by atoms with Gasteiger partial charge in [0.1, 0.15) is 12.0 Å². The van der Waals surface area contributed by atoms with E-state index in [0.717, 1.165) is 9.36 Å². The molecule has 3 rings (SSSR count). The number of benzene rings is 1. The number of carbonyl (C=O) groups excluding carboxylic acids is 1. The van der Waals surface area contributed by atoms with E-state index in [1.165, 1.54) is 11.2 Å². The molecule has 0 aliphatic carbocycles. The number of carbonyl (C=O) groups is 1. The van der Waals surface area contributed by atoms with Gasteiger partial charge in [0.15, 0.2) is 0 Å². The monoisotopic (exact) mass is 328 g/mol. The van der Waals surface area contributed by atoms with Gasteiger partial charge in [0, 0.05) is 17.8 Å². The topological polar surface area (TPSA) is 99.1 Å². The first-order chi connectivity index (χ1) is 11.6. The third kappa shape index (κ3) is 2.96. The van der Waals surface area contributed by atoms with Crippen LogP contribution in [0.2, 0.25) is 0 Å². The molecule has 0 bridgehead atoms. The van der Waals surface area contributed by atoms with Crippen molar-refractivity contribution in [3.05, 3.63) is 58.8 Å². The fourth-order valence-corrected chi connectivity index (χ4v) is 2.29. The lowest BCUT2D eigenvalue weighted by molar-refractivity contribution is 0.242. The molecule has 0 aliphatic rings. The molecule has 0 aliphatic heterocycles. The van der Waals surface area contributed by atoms with E-state index < -0.39 is 11.7 Å². The van der Waals surface area contributed by atoms with Gasteiger partial charge >= 0.3 is 11.7 Å². The third-order valence-electron chi connectivity index (χ3n) is 3.38. The fourth-order valence-electron chi connectivity index (χ4n) is 2.29. The number of anilines is 1. The minimum atomic E-state index is -0.635. The Kier molecular flexibility index (Phi) is 4.23. The highest BCUT2D eigenvalue weighted by Crippen LogP contribution is 2.17. The molecule has 124 valence electrons. The van der Waals surface area contributed by atoms with Gasteiger partial charge < -0.3 is 4.52 Å². The second-order valence-corrected chi connectivity index (χ2v) is 5.40. The number of hydrogen-bond donors (Lipinski definition) is 0. The molecule has 1 amide bonds. The lowest BCUT2D eigenvalue weighted by Crippen LogP contribution is -2.44. The van der Waals surface area contributed by atoms with Gasteiger partial charge in [-0.3, -0.25) is 4.90 Å². The van der Waals surface area contributed by atoms with Crippen molar-refractivity contribution in [1.29, 1.82) is 0 Å². The molecule has 2 heterocycles. The van der Waals surface area contributed by atoms with E-state index in [1.54, 1.807) is 18.2 Å². The Morgan fingerprint density at radius 3 is 2.58 bits per heavy atom. The summed E-state index contributed by atoms with van der Waals surface area (Å²) in [6, 6.07) is 9.97. The molecule has 24 heavy (non-hydrogen) atoms. The van der Waals surface area contributed by atoms with Gasteiger partial charge in [0.05, 0.1) is 6.54 Å². The fraction of sp³-hybridized carbons (Fsp3) is 0.267. The van der Waals surface area contributed by atoms with Crippen molar-refractivity contribution in [1.82, 2.24) is 24.9 Å². The van der Waals surface area contributed by atoms with Gasteiger partial charge in [-0.25, -0.2) is 9.59 Å². The van der Waals surface area contributed by atoms with Crippen LogP contribution in [0.5, 0.6) is 0 Å². The molecule has 2 aromatic heterocycles. The Hall–Kier alpha value is -3.23. The summed E-state index contributed by atoms with van der Waals surface area (Å²) in [7, 11) is 0. The minimum Gasteiger partial charge on any atom is -0.364 e. The average molecular weight is 328 g/mol. The van der Waals surface area contributed by atoms with Crippen LogP contribution in [0, 0.1) is 0 Å². The maximum absolute atomic E-state index is 12.8. The number of tetrazole rings is 1. The first-order valence-electron chi connectivity index (χ1n) is 7.38. The summed E-state index contributed by atoms with van der Waals surface area (Å²) in [5, 5.41) is 11.1. The summed E-state index contributed by atoms with van der Waals surface area (Å²) in [6.07, 6.45) is 1.39. The van der Waals surface area contributed by atoms with Crippen LogP contribution in [0.15, 0.2) is 52.0 Å². The van der Waals surface area contributed by atoms with Crippen LogP contribution >= 0.6 is 0 Å². The van der Waals surface area contributed by atoms with Crippen molar-refractivity contribution in [3.63, 3.8) is 0 Å². The Bertz CT molecular complexity index is 866. The molecule has 1 aromatic carbocycles. The normalized spacial score (nSPS) is 11.0. The van der Waals surface area contributed by atoms with Crippen LogP contribution in [0.1, 0.15) is 19.5 Å². The van der Waals surface area contributed by atoms with Crippen molar-refractivity contribution in [3.8, 4) is 0 Å². The van der Waals surface area contributed by atoms with Crippen LogP contribution in [-0.4, -0.2) is 37.0 Å². The molecule has 0 saturated carbocycles. The number of aromatic nitrogens is 5. The van der Waals surface area contributed by atoms with Crippen LogP contribution < -0.4 is 10.6 Å². The summed E-state index contributed by atoms with van der Waals surface area (Å²) in [6.45, 7) is 3.79. The second-order valence-electron chi connectivity index (χ2n) is 5.40. The maximum atomic E-state index is 12.8. The number of para-hydroxylation sites is 1. The predicted octanol–water partition coefficient (Wildman–Crippen LogP) is 1.36. The van der Waals surface area contributed by atoms with E-state index in [9.17, 15) is 9.59 Å². The zero-order valence-electron chi connectivity index (χ0n) is 13.2. The molecule has 9 nitrogen and oxygen atoms in total. The zero-order chi connectivity index (χ0) is 17.1. The van der Waals surface area contributed by atoms with Gasteiger partial charge in [-0.1, -0.05) is 23.4 Å². The van der Waals surface area contributed by atoms with Gasteiger partial charge in [0.25, 0.3) is 0 Å². The van der Waals surface area contributed by atoms with E-state index >= 15 is 0 Å². The zero-order valence-corrected chi connectivity index (χ0v) is 13.2. The molecule has 0 unspecified atom stereocenters. The van der Waals surface area contributed by atoms with Gasteiger partial charge in [-0.15, -0.1) is 4.68 Å². The highest BCUT2D eigenvalue weighted by atomic mass is 16.5. The van der Waals surface area contributed by atoms with Gasteiger partial charge in [-0.05, 0) is 36.4 Å². The average Bonchev–Trinajstić information content (AvgIpc) is 3.19. The first-order valence-corrected chi connectivity index (χ1v) is 7.38.